The van der Waals surface area contributed by atoms with Crippen molar-refractivity contribution in [2.75, 3.05) is 36.8 Å². The number of allylic oxidation sites excluding steroid dienone is 4. The van der Waals surface area contributed by atoms with Crippen LogP contribution in [0, 0.1) is 0 Å². The summed E-state index contributed by atoms with van der Waals surface area (Å²) in [6.07, 6.45) is 8.69. The molecule has 0 saturated carbocycles. The maximum Gasteiger partial charge on any atom is 0.264 e. The van der Waals surface area contributed by atoms with E-state index in [0.717, 1.165) is 76.9 Å². The summed E-state index contributed by atoms with van der Waals surface area (Å²) < 4.78 is 1.12. The Kier molecular flexibility index (Phi) is 5.65. The van der Waals surface area contributed by atoms with Crippen molar-refractivity contribution in [1.82, 2.24) is 10.2 Å². The zero-order valence-corrected chi connectivity index (χ0v) is 19.8. The highest BCUT2D eigenvalue weighted by Gasteiger charge is 2.22. The Bertz CT molecular complexity index is 1350. The minimum Gasteiger partial charge on any atom is -0.335 e. The minimum atomic E-state index is 0.128. The summed E-state index contributed by atoms with van der Waals surface area (Å²) in [4.78, 5) is 20.5. The molecule has 3 aromatic rings. The number of aliphatic imine (C=N–C) groups is 1. The van der Waals surface area contributed by atoms with Crippen LogP contribution in [0.1, 0.15) is 33.6 Å². The molecule has 6 rings (SSSR count). The number of fused-ring (bicyclic) bond motifs is 3. The van der Waals surface area contributed by atoms with Crippen molar-refractivity contribution in [1.29, 1.82) is 0 Å². The molecule has 3 heterocycles. The fraction of sp³-hybridized carbons (Fsp3) is 0.259. The number of rotatable bonds is 3. The smallest absolute Gasteiger partial charge is 0.264 e. The van der Waals surface area contributed by atoms with Crippen LogP contribution in [-0.4, -0.2) is 42.9 Å². The SMILES string of the molecule is O=C(c1cc2c3c(ccc2s1)CN=C(Nc1cccc(C2=CC=CCC2)c1)N3)N1CCNCC1. The molecule has 0 atom stereocenters. The molecule has 1 fully saturated rings. The van der Waals surface area contributed by atoms with Gasteiger partial charge in [0.1, 0.15) is 0 Å². The summed E-state index contributed by atoms with van der Waals surface area (Å²) in [7, 11) is 0. The Morgan fingerprint density at radius 1 is 1.12 bits per heavy atom. The van der Waals surface area contributed by atoms with E-state index in [1.807, 2.05) is 11.0 Å². The van der Waals surface area contributed by atoms with Crippen molar-refractivity contribution < 1.29 is 4.79 Å². The second-order valence-corrected chi connectivity index (χ2v) is 9.90. The lowest BCUT2D eigenvalue weighted by molar-refractivity contribution is 0.0741. The van der Waals surface area contributed by atoms with Gasteiger partial charge in [0.25, 0.3) is 5.91 Å². The van der Waals surface area contributed by atoms with Crippen LogP contribution in [0.5, 0.6) is 0 Å². The summed E-state index contributed by atoms with van der Waals surface area (Å²) >= 11 is 1.57. The standard InChI is InChI=1S/C27H27N5OS/c33-26(32-13-11-28-12-14-32)24-16-22-23(34-24)10-9-20-17-29-27(31-25(20)22)30-21-8-4-7-19(15-21)18-5-2-1-3-6-18/h1-2,4-5,7-10,15-16,28H,3,6,11-14,17H2,(H2,29,30,31). The number of amides is 1. The van der Waals surface area contributed by atoms with Gasteiger partial charge in [-0.15, -0.1) is 11.3 Å². The summed E-state index contributed by atoms with van der Waals surface area (Å²) in [5.74, 6) is 0.860. The second-order valence-electron chi connectivity index (χ2n) is 8.82. The van der Waals surface area contributed by atoms with Gasteiger partial charge in [-0.1, -0.05) is 36.4 Å². The Balaban J connectivity index is 1.24. The van der Waals surface area contributed by atoms with E-state index in [9.17, 15) is 4.79 Å². The molecule has 2 aliphatic heterocycles. The molecular weight excluding hydrogens is 442 g/mol. The number of piperazine rings is 1. The number of carbonyl (C=O) groups excluding carboxylic acids is 1. The van der Waals surface area contributed by atoms with E-state index in [2.05, 4.69) is 70.6 Å². The van der Waals surface area contributed by atoms with Gasteiger partial charge in [-0.25, -0.2) is 4.99 Å². The molecule has 0 radical (unpaired) electrons. The highest BCUT2D eigenvalue weighted by atomic mass is 32.1. The molecule has 1 amide bonds. The van der Waals surface area contributed by atoms with E-state index in [4.69, 9.17) is 4.99 Å². The number of hydrogen-bond donors (Lipinski definition) is 3. The zero-order valence-electron chi connectivity index (χ0n) is 18.9. The molecule has 3 N–H and O–H groups in total. The first-order valence-electron chi connectivity index (χ1n) is 11.8. The van der Waals surface area contributed by atoms with Crippen LogP contribution >= 0.6 is 11.3 Å². The number of guanidine groups is 1. The third-order valence-corrected chi connectivity index (χ3v) is 7.65. The summed E-state index contributed by atoms with van der Waals surface area (Å²) in [5.41, 5.74) is 5.79. The van der Waals surface area contributed by atoms with Gasteiger partial charge in [0, 0.05) is 42.0 Å². The lowest BCUT2D eigenvalue weighted by Crippen LogP contribution is -2.46. The van der Waals surface area contributed by atoms with E-state index >= 15 is 0 Å². The third-order valence-electron chi connectivity index (χ3n) is 6.56. The lowest BCUT2D eigenvalue weighted by atomic mass is 9.97. The monoisotopic (exact) mass is 469 g/mol. The molecule has 0 spiro atoms. The quantitative estimate of drug-likeness (QED) is 0.501. The van der Waals surface area contributed by atoms with E-state index in [1.54, 1.807) is 11.3 Å². The van der Waals surface area contributed by atoms with Crippen LogP contribution in [0.2, 0.25) is 0 Å². The van der Waals surface area contributed by atoms with Gasteiger partial charge in [-0.2, -0.15) is 0 Å². The summed E-state index contributed by atoms with van der Waals surface area (Å²) in [6, 6.07) is 14.8. The first-order chi connectivity index (χ1) is 16.7. The first kappa shape index (κ1) is 21.1. The van der Waals surface area contributed by atoms with Gasteiger partial charge < -0.3 is 20.9 Å². The molecule has 34 heavy (non-hydrogen) atoms. The molecule has 2 aromatic carbocycles. The number of anilines is 2. The maximum absolute atomic E-state index is 13.0. The fourth-order valence-corrected chi connectivity index (χ4v) is 5.77. The number of nitrogens with zero attached hydrogens (tertiary/aromatic N) is 2. The maximum atomic E-state index is 13.0. The highest BCUT2D eigenvalue weighted by Crippen LogP contribution is 2.36. The number of nitrogens with one attached hydrogen (secondary N) is 3. The van der Waals surface area contributed by atoms with E-state index in [-0.39, 0.29) is 5.91 Å². The van der Waals surface area contributed by atoms with Gasteiger partial charge in [0.15, 0.2) is 0 Å². The van der Waals surface area contributed by atoms with E-state index in [0.29, 0.717) is 6.54 Å². The van der Waals surface area contributed by atoms with Gasteiger partial charge in [-0.3, -0.25) is 4.79 Å². The molecule has 3 aliphatic rings. The molecule has 6 nitrogen and oxygen atoms in total. The second kappa shape index (κ2) is 9.08. The number of benzene rings is 2. The van der Waals surface area contributed by atoms with Crippen molar-refractivity contribution in [3.05, 3.63) is 76.7 Å². The normalized spacial score (nSPS) is 17.6. The van der Waals surface area contributed by atoms with Crippen LogP contribution in [0.3, 0.4) is 0 Å². The van der Waals surface area contributed by atoms with Crippen molar-refractivity contribution in [2.24, 2.45) is 4.99 Å². The largest absolute Gasteiger partial charge is 0.335 e. The predicted molar refractivity (Wildman–Crippen MR) is 142 cm³/mol. The Labute approximate surface area is 203 Å². The van der Waals surface area contributed by atoms with Crippen LogP contribution in [0.25, 0.3) is 15.7 Å². The molecular formula is C27H27N5OS. The molecule has 0 bridgehead atoms. The molecule has 1 saturated heterocycles. The Hall–Kier alpha value is -3.42. The molecule has 1 aromatic heterocycles. The predicted octanol–water partition coefficient (Wildman–Crippen LogP) is 5.07. The van der Waals surface area contributed by atoms with Crippen molar-refractivity contribution in [2.45, 2.75) is 19.4 Å². The van der Waals surface area contributed by atoms with Gasteiger partial charge in [0.2, 0.25) is 5.96 Å². The Morgan fingerprint density at radius 2 is 2.03 bits per heavy atom. The van der Waals surface area contributed by atoms with Crippen molar-refractivity contribution >= 4 is 50.2 Å². The minimum absolute atomic E-state index is 0.128. The van der Waals surface area contributed by atoms with Crippen LogP contribution in [-0.2, 0) is 6.54 Å². The van der Waals surface area contributed by atoms with Crippen LogP contribution in [0.15, 0.2) is 65.7 Å². The Morgan fingerprint density at radius 3 is 2.88 bits per heavy atom. The highest BCUT2D eigenvalue weighted by molar-refractivity contribution is 7.20. The van der Waals surface area contributed by atoms with E-state index < -0.39 is 0 Å². The lowest BCUT2D eigenvalue weighted by Gasteiger charge is -2.26. The van der Waals surface area contributed by atoms with Crippen molar-refractivity contribution in [3.63, 3.8) is 0 Å². The van der Waals surface area contributed by atoms with Gasteiger partial charge >= 0.3 is 0 Å². The zero-order chi connectivity index (χ0) is 22.9. The van der Waals surface area contributed by atoms with Crippen molar-refractivity contribution in [3.8, 4) is 0 Å². The average molecular weight is 470 g/mol. The third kappa shape index (κ3) is 4.13. The molecule has 0 unspecified atom stereocenters. The first-order valence-corrected chi connectivity index (χ1v) is 12.7. The molecule has 172 valence electrons. The molecule has 7 heteroatoms. The van der Waals surface area contributed by atoms with Crippen LogP contribution < -0.4 is 16.0 Å². The van der Waals surface area contributed by atoms with Crippen LogP contribution in [0.4, 0.5) is 11.4 Å². The number of carbonyl (C=O) groups is 1. The summed E-state index contributed by atoms with van der Waals surface area (Å²) in [5, 5.41) is 11.4. The topological polar surface area (TPSA) is 68.8 Å². The average Bonchev–Trinajstić information content (AvgIpc) is 3.34. The van der Waals surface area contributed by atoms with Gasteiger partial charge in [0.05, 0.1) is 17.1 Å². The summed E-state index contributed by atoms with van der Waals surface area (Å²) in [6.45, 7) is 3.84. The van der Waals surface area contributed by atoms with Gasteiger partial charge in [-0.05, 0) is 53.8 Å². The molecule has 1 aliphatic carbocycles. The fourth-order valence-electron chi connectivity index (χ4n) is 4.73. The number of thiophene rings is 1. The number of hydrogen-bond acceptors (Lipinski definition) is 6. The van der Waals surface area contributed by atoms with E-state index in [1.165, 1.54) is 11.1 Å².